The van der Waals surface area contributed by atoms with Crippen LogP contribution in [0.1, 0.15) is 24.0 Å². The van der Waals surface area contributed by atoms with Gasteiger partial charge in [-0.1, -0.05) is 16.4 Å². The summed E-state index contributed by atoms with van der Waals surface area (Å²) in [6.07, 6.45) is 6.57. The third-order valence-electron chi connectivity index (χ3n) is 2.94. The molecule has 1 aromatic carbocycles. The molecule has 16 heavy (non-hydrogen) atoms. The number of nitrogens with zero attached hydrogens (tertiary/aromatic N) is 2. The van der Waals surface area contributed by atoms with E-state index in [-0.39, 0.29) is 0 Å². The van der Waals surface area contributed by atoms with Crippen molar-refractivity contribution in [1.82, 2.24) is 15.4 Å². The van der Waals surface area contributed by atoms with E-state index >= 15 is 0 Å². The van der Waals surface area contributed by atoms with E-state index in [1.165, 1.54) is 30.4 Å². The standard InChI is InChI=1S/C12H13N3O/c1-2-4-10-7-11(6-5-9(10)3-1)16-12-8-13-15-14-12/h5-8H,1-4H2,(H,13,14,15). The third kappa shape index (κ3) is 1.78. The van der Waals surface area contributed by atoms with Gasteiger partial charge in [-0.3, -0.25) is 5.10 Å². The Morgan fingerprint density at radius 2 is 2.00 bits per heavy atom. The zero-order valence-electron chi connectivity index (χ0n) is 8.94. The lowest BCUT2D eigenvalue weighted by atomic mass is 9.92. The maximum atomic E-state index is 5.58. The number of hydrogen-bond acceptors (Lipinski definition) is 3. The third-order valence-corrected chi connectivity index (χ3v) is 2.94. The number of benzene rings is 1. The summed E-state index contributed by atoms with van der Waals surface area (Å²) in [5.41, 5.74) is 2.87. The summed E-state index contributed by atoms with van der Waals surface area (Å²) >= 11 is 0. The molecule has 0 unspecified atom stereocenters. The predicted octanol–water partition coefficient (Wildman–Crippen LogP) is 2.48. The van der Waals surface area contributed by atoms with Crippen molar-refractivity contribution in [3.05, 3.63) is 35.5 Å². The molecule has 2 aromatic rings. The van der Waals surface area contributed by atoms with Crippen LogP contribution in [0.2, 0.25) is 0 Å². The van der Waals surface area contributed by atoms with Crippen LogP contribution in [0.4, 0.5) is 0 Å². The van der Waals surface area contributed by atoms with Crippen LogP contribution >= 0.6 is 0 Å². The summed E-state index contributed by atoms with van der Waals surface area (Å²) in [5, 5.41) is 10.0. The molecule has 3 rings (SSSR count). The minimum absolute atomic E-state index is 0.510. The van der Waals surface area contributed by atoms with Gasteiger partial charge in [0.1, 0.15) is 5.75 Å². The minimum Gasteiger partial charge on any atom is -0.436 e. The van der Waals surface area contributed by atoms with Crippen molar-refractivity contribution in [3.8, 4) is 11.6 Å². The Morgan fingerprint density at radius 1 is 1.12 bits per heavy atom. The molecular weight excluding hydrogens is 202 g/mol. The summed E-state index contributed by atoms with van der Waals surface area (Å²) in [7, 11) is 0. The minimum atomic E-state index is 0.510. The Balaban J connectivity index is 1.86. The van der Waals surface area contributed by atoms with Gasteiger partial charge in [0.05, 0.1) is 6.20 Å². The summed E-state index contributed by atoms with van der Waals surface area (Å²) in [5.74, 6) is 1.35. The molecule has 4 heteroatoms. The van der Waals surface area contributed by atoms with Gasteiger partial charge in [0.15, 0.2) is 0 Å². The van der Waals surface area contributed by atoms with Crippen LogP contribution in [0.25, 0.3) is 0 Å². The molecule has 4 nitrogen and oxygen atoms in total. The normalized spacial score (nSPS) is 14.5. The van der Waals surface area contributed by atoms with E-state index in [4.69, 9.17) is 4.74 Å². The smallest absolute Gasteiger partial charge is 0.258 e. The predicted molar refractivity (Wildman–Crippen MR) is 59.5 cm³/mol. The van der Waals surface area contributed by atoms with E-state index in [0.29, 0.717) is 5.88 Å². The Kier molecular flexibility index (Phi) is 2.33. The molecule has 0 atom stereocenters. The number of rotatable bonds is 2. The van der Waals surface area contributed by atoms with Crippen LogP contribution in [0.3, 0.4) is 0 Å². The van der Waals surface area contributed by atoms with E-state index < -0.39 is 0 Å². The van der Waals surface area contributed by atoms with Gasteiger partial charge in [-0.15, -0.1) is 0 Å². The number of nitrogens with one attached hydrogen (secondary N) is 1. The number of aromatic nitrogens is 3. The first-order valence-corrected chi connectivity index (χ1v) is 5.58. The average Bonchev–Trinajstić information content (AvgIpc) is 2.82. The van der Waals surface area contributed by atoms with E-state index in [2.05, 4.69) is 27.5 Å². The van der Waals surface area contributed by atoms with Crippen LogP contribution in [0, 0.1) is 0 Å². The number of aromatic amines is 1. The number of H-pyrrole nitrogens is 1. The topological polar surface area (TPSA) is 50.8 Å². The Bertz CT molecular complexity index is 479. The Hall–Kier alpha value is -1.84. The molecule has 82 valence electrons. The first-order valence-electron chi connectivity index (χ1n) is 5.58. The van der Waals surface area contributed by atoms with Gasteiger partial charge < -0.3 is 4.74 Å². The number of aryl methyl sites for hydroxylation is 2. The maximum Gasteiger partial charge on any atom is 0.258 e. The summed E-state index contributed by atoms with van der Waals surface area (Å²) in [4.78, 5) is 0. The molecule has 0 radical (unpaired) electrons. The number of ether oxygens (including phenoxy) is 1. The lowest BCUT2D eigenvalue weighted by Crippen LogP contribution is -2.02. The molecular formula is C12H13N3O. The van der Waals surface area contributed by atoms with Gasteiger partial charge in [0.25, 0.3) is 5.88 Å². The van der Waals surface area contributed by atoms with Crippen molar-refractivity contribution in [3.63, 3.8) is 0 Å². The maximum absolute atomic E-state index is 5.58. The van der Waals surface area contributed by atoms with Crippen LogP contribution in [-0.2, 0) is 12.8 Å². The van der Waals surface area contributed by atoms with E-state index in [0.717, 1.165) is 12.2 Å². The van der Waals surface area contributed by atoms with Crippen LogP contribution in [0.15, 0.2) is 24.4 Å². The van der Waals surface area contributed by atoms with Crippen molar-refractivity contribution in [2.75, 3.05) is 0 Å². The molecule has 0 saturated carbocycles. The summed E-state index contributed by atoms with van der Waals surface area (Å²) in [6, 6.07) is 6.27. The first kappa shape index (κ1) is 9.39. The second-order valence-corrected chi connectivity index (χ2v) is 4.05. The van der Waals surface area contributed by atoms with Crippen LogP contribution < -0.4 is 4.74 Å². The average molecular weight is 215 g/mol. The van der Waals surface area contributed by atoms with Crippen molar-refractivity contribution >= 4 is 0 Å². The molecule has 1 aliphatic carbocycles. The first-order chi connectivity index (χ1) is 7.92. The second kappa shape index (κ2) is 3.96. The van der Waals surface area contributed by atoms with Crippen LogP contribution in [-0.4, -0.2) is 15.4 Å². The monoisotopic (exact) mass is 215 g/mol. The molecule has 0 amide bonds. The molecule has 0 aliphatic heterocycles. The molecule has 1 aliphatic rings. The SMILES string of the molecule is c1cc2c(cc1Oc1c[nH]nn1)CCCC2. The fourth-order valence-electron chi connectivity index (χ4n) is 2.14. The molecule has 1 heterocycles. The van der Waals surface area contributed by atoms with Crippen molar-refractivity contribution in [2.24, 2.45) is 0 Å². The quantitative estimate of drug-likeness (QED) is 0.837. The van der Waals surface area contributed by atoms with Gasteiger partial charge in [0, 0.05) is 0 Å². The van der Waals surface area contributed by atoms with Crippen LogP contribution in [0.5, 0.6) is 11.6 Å². The van der Waals surface area contributed by atoms with E-state index in [1.807, 2.05) is 6.07 Å². The molecule has 0 spiro atoms. The molecule has 0 bridgehead atoms. The van der Waals surface area contributed by atoms with Crippen molar-refractivity contribution in [2.45, 2.75) is 25.7 Å². The van der Waals surface area contributed by atoms with Gasteiger partial charge in [-0.2, -0.15) is 0 Å². The lowest BCUT2D eigenvalue weighted by Gasteiger charge is -2.16. The highest BCUT2D eigenvalue weighted by Crippen LogP contribution is 2.27. The highest BCUT2D eigenvalue weighted by Gasteiger charge is 2.10. The number of hydrogen-bond donors (Lipinski definition) is 1. The van der Waals surface area contributed by atoms with Crippen molar-refractivity contribution < 1.29 is 4.74 Å². The molecule has 1 aromatic heterocycles. The highest BCUT2D eigenvalue weighted by molar-refractivity contribution is 5.38. The van der Waals surface area contributed by atoms with Gasteiger partial charge >= 0.3 is 0 Å². The molecule has 0 saturated heterocycles. The van der Waals surface area contributed by atoms with E-state index in [1.54, 1.807) is 6.20 Å². The second-order valence-electron chi connectivity index (χ2n) is 4.05. The Morgan fingerprint density at radius 3 is 2.81 bits per heavy atom. The fraction of sp³-hybridized carbons (Fsp3) is 0.333. The summed E-state index contributed by atoms with van der Waals surface area (Å²) in [6.45, 7) is 0. The van der Waals surface area contributed by atoms with Gasteiger partial charge in [0.2, 0.25) is 0 Å². The zero-order valence-corrected chi connectivity index (χ0v) is 8.94. The number of fused-ring (bicyclic) bond motifs is 1. The molecule has 1 N–H and O–H groups in total. The fourth-order valence-corrected chi connectivity index (χ4v) is 2.14. The summed E-state index contributed by atoms with van der Waals surface area (Å²) < 4.78 is 5.58. The van der Waals surface area contributed by atoms with Crippen molar-refractivity contribution in [1.29, 1.82) is 0 Å². The zero-order chi connectivity index (χ0) is 10.8. The van der Waals surface area contributed by atoms with Gasteiger partial charge in [-0.25, -0.2) is 0 Å². The lowest BCUT2D eigenvalue weighted by molar-refractivity contribution is 0.460. The molecule has 0 fully saturated rings. The largest absolute Gasteiger partial charge is 0.436 e. The van der Waals surface area contributed by atoms with E-state index in [9.17, 15) is 0 Å². The van der Waals surface area contributed by atoms with Gasteiger partial charge in [-0.05, 0) is 48.9 Å². The highest BCUT2D eigenvalue weighted by atomic mass is 16.5. The Labute approximate surface area is 93.6 Å².